The third-order valence-electron chi connectivity index (χ3n) is 7.42. The summed E-state index contributed by atoms with van der Waals surface area (Å²) < 4.78 is 6.41. The molecule has 1 unspecified atom stereocenters. The van der Waals surface area contributed by atoms with Crippen molar-refractivity contribution in [1.29, 1.82) is 0 Å². The Morgan fingerprint density at radius 1 is 1.22 bits per heavy atom. The molecule has 6 nitrogen and oxygen atoms in total. The lowest BCUT2D eigenvalue weighted by atomic mass is 9.83. The molecule has 0 saturated carbocycles. The summed E-state index contributed by atoms with van der Waals surface area (Å²) in [5.41, 5.74) is 9.39. The van der Waals surface area contributed by atoms with Gasteiger partial charge in [0.05, 0.1) is 22.8 Å². The molecule has 3 atom stereocenters. The fourth-order valence-corrected chi connectivity index (χ4v) is 5.75. The van der Waals surface area contributed by atoms with Crippen LogP contribution in [0.5, 0.6) is 5.75 Å². The molecule has 0 aliphatic carbocycles. The van der Waals surface area contributed by atoms with E-state index in [1.807, 2.05) is 26.0 Å². The van der Waals surface area contributed by atoms with E-state index in [4.69, 9.17) is 33.7 Å². The summed E-state index contributed by atoms with van der Waals surface area (Å²) in [5, 5.41) is 14.6. The molecule has 0 radical (unpaired) electrons. The Kier molecular flexibility index (Phi) is 12.3. The maximum Gasteiger partial charge on any atom is 0.253 e. The predicted molar refractivity (Wildman–Crippen MR) is 155 cm³/mol. The minimum Gasteiger partial charge on any atom is -0.507 e. The number of halogens is 4. The molecule has 2 aliphatic heterocycles. The Balaban J connectivity index is 0.00000241. The summed E-state index contributed by atoms with van der Waals surface area (Å²) in [6.07, 6.45) is 3.60. The van der Waals surface area contributed by atoms with Crippen molar-refractivity contribution in [2.45, 2.75) is 57.8 Å². The second-order valence-electron chi connectivity index (χ2n) is 9.87. The van der Waals surface area contributed by atoms with E-state index in [0.29, 0.717) is 33.8 Å². The van der Waals surface area contributed by atoms with Crippen LogP contribution in [0.15, 0.2) is 30.3 Å². The first-order valence-electron chi connectivity index (χ1n) is 12.4. The first-order valence-corrected chi connectivity index (χ1v) is 13.2. The first kappa shape index (κ1) is 32.0. The number of rotatable bonds is 7. The maximum atomic E-state index is 12.5. The van der Waals surface area contributed by atoms with Crippen LogP contribution in [-0.4, -0.2) is 54.2 Å². The van der Waals surface area contributed by atoms with Gasteiger partial charge in [-0.15, -0.1) is 24.8 Å². The topological polar surface area (TPSA) is 87.8 Å². The number of amides is 1. The van der Waals surface area contributed by atoms with Crippen molar-refractivity contribution in [1.82, 2.24) is 10.2 Å². The number of phenolic OH excluding ortho intramolecular Hbond substituents is 1. The Labute approximate surface area is 242 Å². The molecule has 2 aromatic rings. The van der Waals surface area contributed by atoms with Crippen molar-refractivity contribution in [3.63, 3.8) is 0 Å². The van der Waals surface area contributed by atoms with Crippen LogP contribution in [-0.2, 0) is 11.2 Å². The number of phenols is 1. The average Bonchev–Trinajstić information content (AvgIpc) is 2.84. The second-order valence-corrected chi connectivity index (χ2v) is 10.7. The third kappa shape index (κ3) is 7.66. The number of hydrogen-bond donors (Lipinski definition) is 3. The van der Waals surface area contributed by atoms with Gasteiger partial charge in [-0.1, -0.05) is 35.3 Å². The SMILES string of the molecule is Cc1ccc2c(c1O)C[C@@H](C1CCN(CCC(C)NC(=O)c3ccc(Cl)cc3Cl)CC1)O[C@H]2CN.Cl.Cl. The van der Waals surface area contributed by atoms with Gasteiger partial charge in [-0.3, -0.25) is 4.79 Å². The minimum atomic E-state index is -0.180. The Bertz CT molecular complexity index is 1060. The number of ether oxygens (including phenoxy) is 1. The standard InChI is InChI=1S/C27H35Cl2N3O3.2ClH/c1-16-3-5-20-22(26(16)33)14-24(35-25(20)15-30)18-8-11-32(12-9-18)10-7-17(2)31-27(34)21-6-4-19(28)13-23(21)29;;/h3-6,13,17-18,24-25,33H,7-12,14-15,30H2,1-2H3,(H,31,34);2*1H/t17?,24-,25-;;/m0../s1. The number of piperidine rings is 1. The van der Waals surface area contributed by atoms with Crippen LogP contribution in [0.1, 0.15) is 59.3 Å². The predicted octanol–water partition coefficient (Wildman–Crippen LogP) is 5.71. The highest BCUT2D eigenvalue weighted by molar-refractivity contribution is 6.36. The summed E-state index contributed by atoms with van der Waals surface area (Å²) in [6.45, 7) is 7.27. The molecule has 1 saturated heterocycles. The van der Waals surface area contributed by atoms with E-state index in [2.05, 4.69) is 10.2 Å². The van der Waals surface area contributed by atoms with E-state index in [-0.39, 0.29) is 49.0 Å². The molecular formula is C27H37Cl4N3O3. The van der Waals surface area contributed by atoms with Gasteiger partial charge in [0, 0.05) is 36.1 Å². The number of carbonyl (C=O) groups is 1. The Morgan fingerprint density at radius 3 is 2.57 bits per heavy atom. The van der Waals surface area contributed by atoms with Crippen LogP contribution in [0, 0.1) is 12.8 Å². The van der Waals surface area contributed by atoms with E-state index in [1.54, 1.807) is 18.2 Å². The molecule has 206 valence electrons. The average molecular weight is 593 g/mol. The summed E-state index contributed by atoms with van der Waals surface area (Å²) in [5.74, 6) is 0.653. The number of aryl methyl sites for hydroxylation is 1. The lowest BCUT2D eigenvalue weighted by molar-refractivity contribution is -0.0647. The number of benzene rings is 2. The van der Waals surface area contributed by atoms with Gasteiger partial charge in [-0.05, 0) is 81.4 Å². The van der Waals surface area contributed by atoms with Crippen LogP contribution in [0.25, 0.3) is 0 Å². The van der Waals surface area contributed by atoms with Crippen molar-refractivity contribution >= 4 is 53.9 Å². The Hall–Kier alpha value is -1.25. The highest BCUT2D eigenvalue weighted by atomic mass is 35.5. The minimum absolute atomic E-state index is 0. The molecule has 0 aromatic heterocycles. The lowest BCUT2D eigenvalue weighted by Gasteiger charge is -2.40. The van der Waals surface area contributed by atoms with E-state index < -0.39 is 0 Å². The van der Waals surface area contributed by atoms with E-state index >= 15 is 0 Å². The zero-order valence-corrected chi connectivity index (χ0v) is 24.4. The number of nitrogens with zero attached hydrogens (tertiary/aromatic N) is 1. The van der Waals surface area contributed by atoms with Crippen LogP contribution in [0.3, 0.4) is 0 Å². The number of hydrogen-bond acceptors (Lipinski definition) is 5. The fraction of sp³-hybridized carbons (Fsp3) is 0.519. The Morgan fingerprint density at radius 2 is 1.92 bits per heavy atom. The molecule has 2 aliphatic rings. The molecule has 4 N–H and O–H groups in total. The normalized spacial score (nSPS) is 20.8. The molecule has 1 fully saturated rings. The van der Waals surface area contributed by atoms with Crippen molar-refractivity contribution < 1.29 is 14.6 Å². The zero-order valence-electron chi connectivity index (χ0n) is 21.2. The van der Waals surface area contributed by atoms with Crippen molar-refractivity contribution in [2.24, 2.45) is 11.7 Å². The first-order chi connectivity index (χ1) is 16.8. The number of nitrogens with two attached hydrogens (primary N) is 1. The quantitative estimate of drug-likeness (QED) is 0.383. The molecule has 37 heavy (non-hydrogen) atoms. The number of nitrogens with one attached hydrogen (secondary N) is 1. The highest BCUT2D eigenvalue weighted by Gasteiger charge is 2.35. The summed E-state index contributed by atoms with van der Waals surface area (Å²) >= 11 is 12.1. The summed E-state index contributed by atoms with van der Waals surface area (Å²) in [6, 6.07) is 8.92. The van der Waals surface area contributed by atoms with Gasteiger partial charge >= 0.3 is 0 Å². The fourth-order valence-electron chi connectivity index (χ4n) is 5.25. The van der Waals surface area contributed by atoms with Gasteiger partial charge < -0.3 is 25.8 Å². The van der Waals surface area contributed by atoms with Crippen LogP contribution < -0.4 is 11.1 Å². The van der Waals surface area contributed by atoms with Gasteiger partial charge in [-0.25, -0.2) is 0 Å². The van der Waals surface area contributed by atoms with Gasteiger partial charge in [0.1, 0.15) is 5.75 Å². The molecular weight excluding hydrogens is 556 g/mol. The molecule has 0 bridgehead atoms. The van der Waals surface area contributed by atoms with Crippen molar-refractivity contribution in [2.75, 3.05) is 26.2 Å². The molecule has 0 spiro atoms. The number of fused-ring (bicyclic) bond motifs is 1. The second kappa shape index (κ2) is 14.2. The third-order valence-corrected chi connectivity index (χ3v) is 7.96. The van der Waals surface area contributed by atoms with Gasteiger partial charge in [0.15, 0.2) is 0 Å². The van der Waals surface area contributed by atoms with Crippen LogP contribution in [0.2, 0.25) is 10.0 Å². The van der Waals surface area contributed by atoms with E-state index in [0.717, 1.165) is 62.0 Å². The molecule has 4 rings (SSSR count). The smallest absolute Gasteiger partial charge is 0.253 e. The molecule has 2 aromatic carbocycles. The van der Waals surface area contributed by atoms with Gasteiger partial charge in [-0.2, -0.15) is 0 Å². The number of likely N-dealkylation sites (tertiary alicyclic amines) is 1. The summed E-state index contributed by atoms with van der Waals surface area (Å²) in [7, 11) is 0. The highest BCUT2D eigenvalue weighted by Crippen LogP contribution is 2.40. The largest absolute Gasteiger partial charge is 0.507 e. The zero-order chi connectivity index (χ0) is 25.1. The number of aromatic hydroxyl groups is 1. The van der Waals surface area contributed by atoms with E-state index in [9.17, 15) is 9.90 Å². The van der Waals surface area contributed by atoms with Crippen LogP contribution >= 0.6 is 48.0 Å². The van der Waals surface area contributed by atoms with Crippen LogP contribution in [0.4, 0.5) is 0 Å². The molecule has 2 heterocycles. The lowest BCUT2D eigenvalue weighted by Crippen LogP contribution is -2.43. The summed E-state index contributed by atoms with van der Waals surface area (Å²) in [4.78, 5) is 15.0. The molecule has 1 amide bonds. The van der Waals surface area contributed by atoms with Crippen molar-refractivity contribution in [3.05, 3.63) is 62.6 Å². The molecule has 10 heteroatoms. The maximum absolute atomic E-state index is 12.5. The van der Waals surface area contributed by atoms with Crippen molar-refractivity contribution in [3.8, 4) is 5.75 Å². The monoisotopic (exact) mass is 591 g/mol. The van der Waals surface area contributed by atoms with Gasteiger partial charge in [0.2, 0.25) is 0 Å². The van der Waals surface area contributed by atoms with E-state index in [1.165, 1.54) is 0 Å². The van der Waals surface area contributed by atoms with Gasteiger partial charge in [0.25, 0.3) is 5.91 Å². The number of carbonyl (C=O) groups excluding carboxylic acids is 1.